The van der Waals surface area contributed by atoms with Crippen LogP contribution in [0.2, 0.25) is 0 Å². The molecule has 0 saturated carbocycles. The van der Waals surface area contributed by atoms with Crippen molar-refractivity contribution in [3.63, 3.8) is 0 Å². The molecule has 0 unspecified atom stereocenters. The van der Waals surface area contributed by atoms with Crippen molar-refractivity contribution >= 4 is 43.2 Å². The first-order valence-electron chi connectivity index (χ1n) is 8.40. The smallest absolute Gasteiger partial charge is 0.329 e. The molecule has 0 saturated heterocycles. The summed E-state index contributed by atoms with van der Waals surface area (Å²) in [4.78, 5) is 10.3. The van der Waals surface area contributed by atoms with Gasteiger partial charge in [-0.1, -0.05) is 0 Å². The summed E-state index contributed by atoms with van der Waals surface area (Å²) in [5.41, 5.74) is 8.13. The maximum absolute atomic E-state index is 10.8. The molecule has 0 atom stereocenters. The molecule has 2 aliphatic rings. The molecular weight excluding hydrogens is 516 g/mol. The van der Waals surface area contributed by atoms with E-state index in [1.165, 1.54) is 0 Å². The molecule has 0 aromatic heterocycles. The van der Waals surface area contributed by atoms with Gasteiger partial charge in [-0.2, -0.15) is 0 Å². The highest BCUT2D eigenvalue weighted by molar-refractivity contribution is 9.11. The maximum Gasteiger partial charge on any atom is 0.329 e. The van der Waals surface area contributed by atoms with E-state index in [-0.39, 0.29) is 31.6 Å². The Morgan fingerprint density at radius 2 is 1.48 bits per heavy atom. The van der Waals surface area contributed by atoms with Gasteiger partial charge in [0.25, 0.3) is 0 Å². The van der Waals surface area contributed by atoms with Crippen LogP contribution in [0.1, 0.15) is 18.1 Å². The average Bonchev–Trinajstić information content (AvgIpc) is 3.30. The van der Waals surface area contributed by atoms with Crippen LogP contribution in [-0.2, 0) is 0 Å². The number of nitro benzene ring substituents is 1. The summed E-state index contributed by atoms with van der Waals surface area (Å²) in [6.45, 7) is 5.95. The van der Waals surface area contributed by atoms with Crippen molar-refractivity contribution in [2.45, 2.75) is 20.8 Å². The zero-order valence-electron chi connectivity index (χ0n) is 16.0. The highest BCUT2D eigenvalue weighted by Gasteiger charge is 2.30. The lowest BCUT2D eigenvalue weighted by Gasteiger charge is -2.05. The molecule has 3 N–H and O–H groups in total. The summed E-state index contributed by atoms with van der Waals surface area (Å²) in [7, 11) is 0. The summed E-state index contributed by atoms with van der Waals surface area (Å²) < 4.78 is 21.8. The predicted octanol–water partition coefficient (Wildman–Crippen LogP) is 4.46. The third-order valence-corrected chi connectivity index (χ3v) is 5.81. The Balaban J connectivity index is 0.000000184. The molecule has 2 aliphatic heterocycles. The molecule has 29 heavy (non-hydrogen) atoms. The fraction of sp³-hybridized carbons (Fsp3) is 0.333. The lowest BCUT2D eigenvalue weighted by atomic mass is 10.2. The van der Waals surface area contributed by atoms with Crippen molar-refractivity contribution in [2.75, 3.05) is 25.9 Å². The first-order chi connectivity index (χ1) is 13.7. The minimum Gasteiger partial charge on any atom is -0.453 e. The van der Waals surface area contributed by atoms with E-state index in [0.29, 0.717) is 21.7 Å². The minimum atomic E-state index is -0.482. The van der Waals surface area contributed by atoms with Crippen molar-refractivity contribution < 1.29 is 29.0 Å². The Hall–Kier alpha value is -2.24. The van der Waals surface area contributed by atoms with Gasteiger partial charge >= 0.3 is 5.69 Å². The van der Waals surface area contributed by atoms with Crippen molar-refractivity contribution in [2.24, 2.45) is 0 Å². The number of aliphatic hydroxyl groups excluding tert-OH is 1. The van der Waals surface area contributed by atoms with Crippen molar-refractivity contribution in [3.8, 4) is 23.0 Å². The molecule has 0 spiro atoms. The third-order valence-electron chi connectivity index (χ3n) is 3.76. The molecular formula is C18H20Br2N2O7. The Morgan fingerprint density at radius 3 is 2.00 bits per heavy atom. The fourth-order valence-electron chi connectivity index (χ4n) is 2.47. The van der Waals surface area contributed by atoms with E-state index in [9.17, 15) is 10.1 Å². The number of hydrogen-bond donors (Lipinski definition) is 2. The van der Waals surface area contributed by atoms with Gasteiger partial charge < -0.3 is 29.8 Å². The predicted molar refractivity (Wildman–Crippen MR) is 114 cm³/mol. The Morgan fingerprint density at radius 1 is 1.03 bits per heavy atom. The summed E-state index contributed by atoms with van der Waals surface area (Å²) >= 11 is 6.53. The number of nitrogens with zero attached hydrogens (tertiary/aromatic N) is 1. The van der Waals surface area contributed by atoms with Crippen LogP contribution in [-0.4, -0.2) is 30.2 Å². The van der Waals surface area contributed by atoms with Gasteiger partial charge in [0.15, 0.2) is 17.2 Å². The van der Waals surface area contributed by atoms with E-state index in [2.05, 4.69) is 31.9 Å². The van der Waals surface area contributed by atoms with Crippen LogP contribution >= 0.6 is 31.9 Å². The quantitative estimate of drug-likeness (QED) is 0.311. The Kier molecular flexibility index (Phi) is 7.94. The molecule has 0 fully saturated rings. The number of nitrogens with two attached hydrogens (primary N) is 1. The van der Waals surface area contributed by atoms with Crippen molar-refractivity contribution in [1.29, 1.82) is 0 Å². The van der Waals surface area contributed by atoms with Gasteiger partial charge in [0.1, 0.15) is 4.47 Å². The fourth-order valence-corrected chi connectivity index (χ4v) is 3.20. The van der Waals surface area contributed by atoms with Crippen molar-refractivity contribution in [3.05, 3.63) is 42.3 Å². The first-order valence-corrected chi connectivity index (χ1v) is 9.99. The molecule has 4 rings (SSSR count). The van der Waals surface area contributed by atoms with Crippen LogP contribution in [0, 0.1) is 24.0 Å². The first kappa shape index (κ1) is 23.0. The zero-order chi connectivity index (χ0) is 21.7. The van der Waals surface area contributed by atoms with E-state index in [4.69, 9.17) is 29.8 Å². The number of nitro groups is 1. The number of aryl methyl sites for hydroxylation is 2. The highest BCUT2D eigenvalue weighted by Crippen LogP contribution is 2.46. The van der Waals surface area contributed by atoms with Crippen LogP contribution in [0.3, 0.4) is 0 Å². The molecule has 2 heterocycles. The largest absolute Gasteiger partial charge is 0.453 e. The lowest BCUT2D eigenvalue weighted by Crippen LogP contribution is -1.95. The third kappa shape index (κ3) is 5.03. The van der Waals surface area contributed by atoms with Crippen LogP contribution in [0.25, 0.3) is 0 Å². The molecule has 0 radical (unpaired) electrons. The Bertz CT molecular complexity index is 922. The van der Waals surface area contributed by atoms with E-state index in [1.54, 1.807) is 19.9 Å². The number of nitrogen functional groups attached to an aromatic ring is 1. The van der Waals surface area contributed by atoms with Crippen LogP contribution in [0.4, 0.5) is 11.4 Å². The second kappa shape index (κ2) is 9.99. The van der Waals surface area contributed by atoms with E-state index < -0.39 is 4.92 Å². The maximum atomic E-state index is 10.8. The van der Waals surface area contributed by atoms with Gasteiger partial charge in [-0.3, -0.25) is 10.1 Å². The summed E-state index contributed by atoms with van der Waals surface area (Å²) in [6, 6.07) is 3.61. The molecule has 11 heteroatoms. The van der Waals surface area contributed by atoms with Gasteiger partial charge in [0, 0.05) is 11.1 Å². The van der Waals surface area contributed by atoms with Gasteiger partial charge in [-0.05, 0) is 75.9 Å². The van der Waals surface area contributed by atoms with Crippen molar-refractivity contribution in [1.82, 2.24) is 0 Å². The standard InChI is InChI=1S/C8H6BrNO4.C8H8BrNO2.C2H6O/c1-4-2-5-8(14-3-13-5)7(6(4)9)10(11)12;1-4-2-5-8(12-3-11-5)7(10)6(4)9;1-2-3/h2H,3H2,1H3;2H,3,10H2,1H3;3H,2H2,1H3. The number of fused-ring (bicyclic) bond motifs is 2. The zero-order valence-corrected chi connectivity index (χ0v) is 19.1. The molecule has 9 nitrogen and oxygen atoms in total. The minimum absolute atomic E-state index is 0.0338. The molecule has 158 valence electrons. The van der Waals surface area contributed by atoms with E-state index >= 15 is 0 Å². The van der Waals surface area contributed by atoms with E-state index in [1.807, 2.05) is 13.0 Å². The molecule has 0 amide bonds. The number of rotatable bonds is 1. The molecule has 0 bridgehead atoms. The van der Waals surface area contributed by atoms with E-state index in [0.717, 1.165) is 21.3 Å². The topological polar surface area (TPSA) is 126 Å². The summed E-state index contributed by atoms with van der Waals surface area (Å²) in [6.07, 6.45) is 0. The monoisotopic (exact) mass is 534 g/mol. The number of ether oxygens (including phenoxy) is 4. The number of hydrogen-bond acceptors (Lipinski definition) is 8. The second-order valence-corrected chi connectivity index (χ2v) is 7.40. The molecule has 2 aromatic rings. The number of anilines is 1. The highest BCUT2D eigenvalue weighted by atomic mass is 79.9. The number of benzene rings is 2. The summed E-state index contributed by atoms with van der Waals surface area (Å²) in [5.74, 6) is 2.01. The number of aliphatic hydroxyl groups is 1. The van der Waals surface area contributed by atoms with Gasteiger partial charge in [-0.15, -0.1) is 0 Å². The second-order valence-electron chi connectivity index (χ2n) is 5.82. The van der Waals surface area contributed by atoms with Crippen LogP contribution in [0.5, 0.6) is 23.0 Å². The molecule has 2 aromatic carbocycles. The van der Waals surface area contributed by atoms with Gasteiger partial charge in [-0.25, -0.2) is 0 Å². The van der Waals surface area contributed by atoms with Gasteiger partial charge in [0.05, 0.1) is 10.6 Å². The lowest BCUT2D eigenvalue weighted by molar-refractivity contribution is -0.386. The Labute approximate surface area is 184 Å². The van der Waals surface area contributed by atoms with Gasteiger partial charge in [0.2, 0.25) is 19.3 Å². The van der Waals surface area contributed by atoms with Crippen LogP contribution in [0.15, 0.2) is 21.1 Å². The SMILES string of the molecule is CCO.Cc1cc2c(c(N)c1Br)OCO2.Cc1cc2c(c([N+](=O)[O-])c1Br)OCO2. The molecule has 0 aliphatic carbocycles. The number of halogens is 2. The average molecular weight is 536 g/mol. The van der Waals surface area contributed by atoms with Crippen LogP contribution < -0.4 is 24.7 Å². The normalized spacial score (nSPS) is 12.5. The summed E-state index contributed by atoms with van der Waals surface area (Å²) in [5, 5.41) is 18.3.